The van der Waals surface area contributed by atoms with Gasteiger partial charge in [0.1, 0.15) is 6.61 Å². The van der Waals surface area contributed by atoms with Crippen LogP contribution in [0.3, 0.4) is 0 Å². The van der Waals surface area contributed by atoms with Gasteiger partial charge < -0.3 is 19.1 Å². The Hall–Kier alpha value is -2.17. The van der Waals surface area contributed by atoms with E-state index in [9.17, 15) is 4.79 Å². The number of benzene rings is 2. The zero-order valence-electron chi connectivity index (χ0n) is 19.0. The summed E-state index contributed by atoms with van der Waals surface area (Å²) < 4.78 is 18.4. The number of ether oxygens (including phenoxy) is 3. The van der Waals surface area contributed by atoms with Gasteiger partial charge in [0.05, 0.1) is 34.1 Å². The third-order valence-electron chi connectivity index (χ3n) is 5.24. The molecule has 2 aromatic rings. The zero-order valence-corrected chi connectivity index (χ0v) is 22.7. The first-order valence-corrected chi connectivity index (χ1v) is 13.2. The lowest BCUT2D eigenvalue weighted by molar-refractivity contribution is -0.139. The van der Waals surface area contributed by atoms with Crippen LogP contribution in [0.2, 0.25) is 5.02 Å². The summed E-state index contributed by atoms with van der Waals surface area (Å²) in [6.45, 7) is 6.70. The highest BCUT2D eigenvalue weighted by Crippen LogP contribution is 2.44. The molecule has 2 aromatic carbocycles. The Bertz CT molecular complexity index is 1200. The summed E-state index contributed by atoms with van der Waals surface area (Å²) in [5.41, 5.74) is 3.03. The van der Waals surface area contributed by atoms with Crippen LogP contribution in [0.4, 0.5) is 0 Å². The Balaban J connectivity index is 1.73. The van der Waals surface area contributed by atoms with Crippen molar-refractivity contribution in [1.82, 2.24) is 4.90 Å². The van der Waals surface area contributed by atoms with E-state index >= 15 is 0 Å². The number of halogens is 2. The van der Waals surface area contributed by atoms with Crippen molar-refractivity contribution in [2.75, 3.05) is 13.2 Å². The Morgan fingerprint density at radius 3 is 2.76 bits per heavy atom. The highest BCUT2D eigenvalue weighted by Gasteiger charge is 2.38. The summed E-state index contributed by atoms with van der Waals surface area (Å²) in [7, 11) is 0. The molecule has 34 heavy (non-hydrogen) atoms. The molecule has 0 saturated heterocycles. The molecule has 4 rings (SSSR count). The average Bonchev–Trinajstić information content (AvgIpc) is 3.25. The van der Waals surface area contributed by atoms with Gasteiger partial charge >= 0.3 is 5.97 Å². The van der Waals surface area contributed by atoms with Gasteiger partial charge in [-0.25, -0.2) is 9.79 Å². The zero-order chi connectivity index (χ0) is 24.2. The van der Waals surface area contributed by atoms with E-state index in [0.29, 0.717) is 47.6 Å². The Morgan fingerprint density at radius 2 is 2.03 bits per heavy atom. The van der Waals surface area contributed by atoms with Gasteiger partial charge in [-0.3, -0.25) is 0 Å². The predicted molar refractivity (Wildman–Crippen MR) is 144 cm³/mol. The van der Waals surface area contributed by atoms with Crippen LogP contribution >= 0.6 is 46.0 Å². The normalized spacial score (nSPS) is 16.9. The molecule has 2 heterocycles. The molecule has 0 bridgehead atoms. The monoisotopic (exact) mass is 610 g/mol. The minimum absolute atomic E-state index is 0.293. The molecule has 0 aliphatic carbocycles. The highest BCUT2D eigenvalue weighted by atomic mass is 127. The minimum Gasteiger partial charge on any atom is -0.490 e. The number of carbonyl (C=O) groups is 1. The lowest BCUT2D eigenvalue weighted by Gasteiger charge is -2.33. The number of thioether (sulfide) groups is 1. The Kier molecular flexibility index (Phi) is 8.10. The first-order valence-electron chi connectivity index (χ1n) is 10.8. The van der Waals surface area contributed by atoms with Gasteiger partial charge in [-0.1, -0.05) is 35.5 Å². The molecule has 0 fully saturated rings. The van der Waals surface area contributed by atoms with Gasteiger partial charge in [0, 0.05) is 11.2 Å². The molecule has 178 valence electrons. The number of hydrogen-bond donors (Lipinski definition) is 0. The van der Waals surface area contributed by atoms with Gasteiger partial charge in [0.25, 0.3) is 0 Å². The molecule has 2 aliphatic rings. The smallest absolute Gasteiger partial charge is 0.338 e. The third kappa shape index (κ3) is 5.23. The number of esters is 1. The molecule has 0 amide bonds. The van der Waals surface area contributed by atoms with Crippen molar-refractivity contribution in [3.63, 3.8) is 0 Å². The van der Waals surface area contributed by atoms with E-state index in [1.807, 2.05) is 66.8 Å². The molecule has 9 heteroatoms. The highest BCUT2D eigenvalue weighted by molar-refractivity contribution is 14.1. The fourth-order valence-corrected chi connectivity index (χ4v) is 5.61. The topological polar surface area (TPSA) is 60.4 Å². The van der Waals surface area contributed by atoms with E-state index in [1.54, 1.807) is 6.92 Å². The fraction of sp³-hybridized carbons (Fsp3) is 0.280. The molecule has 0 N–H and O–H groups in total. The number of fused-ring (bicyclic) bond motifs is 1. The molecule has 0 aromatic heterocycles. The van der Waals surface area contributed by atoms with Crippen molar-refractivity contribution in [2.24, 2.45) is 4.99 Å². The predicted octanol–water partition coefficient (Wildman–Crippen LogP) is 6.69. The summed E-state index contributed by atoms with van der Waals surface area (Å²) in [6, 6.07) is 11.2. The Labute approximate surface area is 222 Å². The van der Waals surface area contributed by atoms with Gasteiger partial charge in [0.2, 0.25) is 0 Å². The molecule has 1 atom stereocenters. The number of amidine groups is 1. The lowest BCUT2D eigenvalue weighted by atomic mass is 9.94. The maximum absolute atomic E-state index is 13.0. The molecule has 0 spiro atoms. The van der Waals surface area contributed by atoms with E-state index in [4.69, 9.17) is 25.8 Å². The molecular formula is C25H24ClIN2O4S. The van der Waals surface area contributed by atoms with E-state index in [1.165, 1.54) is 11.8 Å². The molecule has 0 saturated carbocycles. The van der Waals surface area contributed by atoms with Crippen LogP contribution in [0.1, 0.15) is 37.9 Å². The van der Waals surface area contributed by atoms with Crippen LogP contribution in [0, 0.1) is 3.57 Å². The molecule has 2 aliphatic heterocycles. The summed E-state index contributed by atoms with van der Waals surface area (Å²) >= 11 is 9.89. The van der Waals surface area contributed by atoms with Crippen LogP contribution in [0.15, 0.2) is 64.3 Å². The summed E-state index contributed by atoms with van der Waals surface area (Å²) in [4.78, 5) is 19.6. The number of carbonyl (C=O) groups excluding carboxylic acids is 1. The van der Waals surface area contributed by atoms with Crippen molar-refractivity contribution >= 4 is 57.1 Å². The minimum atomic E-state index is -0.382. The van der Waals surface area contributed by atoms with Crippen LogP contribution in [-0.4, -0.2) is 29.3 Å². The second kappa shape index (κ2) is 11.0. The quantitative estimate of drug-likeness (QED) is 0.245. The average molecular weight is 611 g/mol. The van der Waals surface area contributed by atoms with E-state index in [2.05, 4.69) is 27.6 Å². The summed E-state index contributed by atoms with van der Waals surface area (Å²) in [5.74, 6) is 0.903. The summed E-state index contributed by atoms with van der Waals surface area (Å²) in [6.07, 6.45) is 1.94. The fourth-order valence-electron chi connectivity index (χ4n) is 3.83. The van der Waals surface area contributed by atoms with Crippen molar-refractivity contribution in [2.45, 2.75) is 33.4 Å². The molecule has 6 nitrogen and oxygen atoms in total. The maximum Gasteiger partial charge on any atom is 0.338 e. The van der Waals surface area contributed by atoms with E-state index in [-0.39, 0.29) is 12.0 Å². The molecule has 0 radical (unpaired) electrons. The van der Waals surface area contributed by atoms with Crippen LogP contribution in [-0.2, 0) is 16.1 Å². The third-order valence-corrected chi connectivity index (χ3v) is 7.04. The van der Waals surface area contributed by atoms with Crippen molar-refractivity contribution < 1.29 is 19.0 Å². The van der Waals surface area contributed by atoms with Crippen molar-refractivity contribution in [3.05, 3.63) is 79.0 Å². The van der Waals surface area contributed by atoms with E-state index in [0.717, 1.165) is 19.9 Å². The maximum atomic E-state index is 13.0. The number of hydrogen-bond acceptors (Lipinski definition) is 7. The molecular weight excluding hydrogens is 587 g/mol. The SMILES string of the molecule is CCOC(=O)C1=C(C)N=C2SC=CN2[C@H]1c1cc(I)c(OCc2cccc(Cl)c2)c(OCC)c1. The second-order valence-electron chi connectivity index (χ2n) is 7.51. The van der Waals surface area contributed by atoms with Crippen molar-refractivity contribution in [1.29, 1.82) is 0 Å². The van der Waals surface area contributed by atoms with Crippen molar-refractivity contribution in [3.8, 4) is 11.5 Å². The number of rotatable bonds is 8. The Morgan fingerprint density at radius 1 is 1.21 bits per heavy atom. The summed E-state index contributed by atoms with van der Waals surface area (Å²) in [5, 5.41) is 3.45. The molecule has 0 unspecified atom stereocenters. The number of allylic oxidation sites excluding steroid dienone is 1. The first-order chi connectivity index (χ1) is 16.4. The number of aliphatic imine (C=N–C) groups is 1. The second-order valence-corrected chi connectivity index (χ2v) is 9.98. The van der Waals surface area contributed by atoms with Gasteiger partial charge in [-0.2, -0.15) is 0 Å². The van der Waals surface area contributed by atoms with E-state index < -0.39 is 0 Å². The first kappa shape index (κ1) is 24.9. The standard InChI is InChI=1S/C25H24ClIN2O4S/c1-4-31-20-13-17(12-19(27)23(20)33-14-16-7-6-8-18(26)11-16)22-21(24(30)32-5-2)15(3)28-25-29(22)9-10-34-25/h6-13,22H,4-5,14H2,1-3H3/t22-/m0/s1. The lowest BCUT2D eigenvalue weighted by Crippen LogP contribution is -2.34. The number of nitrogens with zero attached hydrogens (tertiary/aromatic N) is 2. The van der Waals surface area contributed by atoms with Crippen LogP contribution in [0.5, 0.6) is 11.5 Å². The largest absolute Gasteiger partial charge is 0.490 e. The van der Waals surface area contributed by atoms with Gasteiger partial charge in [-0.05, 0) is 84.2 Å². The van der Waals surface area contributed by atoms with Gasteiger partial charge in [0.15, 0.2) is 16.7 Å². The van der Waals surface area contributed by atoms with Crippen LogP contribution < -0.4 is 9.47 Å². The van der Waals surface area contributed by atoms with Gasteiger partial charge in [-0.15, -0.1) is 0 Å². The van der Waals surface area contributed by atoms with Crippen LogP contribution in [0.25, 0.3) is 0 Å².